The third kappa shape index (κ3) is 2.58. The zero-order chi connectivity index (χ0) is 21.5. The lowest BCUT2D eigenvalue weighted by molar-refractivity contribution is 0.787. The standard InChI is InChI=1S/C31H23N/c1-2-3-11-23-20-22-18-19-25(32-24-12-5-4-6-13-24)21-30(22)31(23)28-16-9-7-14-26(28)27-15-8-10-17-29(27)31/h2-21,32H,1H2/b11-3-. The summed E-state index contributed by atoms with van der Waals surface area (Å²) in [6.07, 6.45) is 8.45. The molecule has 0 atom stereocenters. The van der Waals surface area contributed by atoms with Crippen LogP contribution in [0.1, 0.15) is 22.3 Å². The smallest absolute Gasteiger partial charge is 0.0720 e. The molecule has 0 heterocycles. The summed E-state index contributed by atoms with van der Waals surface area (Å²) in [7, 11) is 0. The average Bonchev–Trinajstić information content (AvgIpc) is 3.33. The van der Waals surface area contributed by atoms with Gasteiger partial charge in [0.2, 0.25) is 0 Å². The molecule has 152 valence electrons. The number of nitrogens with one attached hydrogen (secondary N) is 1. The first kappa shape index (κ1) is 18.7. The number of anilines is 2. The number of hydrogen-bond donors (Lipinski definition) is 1. The van der Waals surface area contributed by atoms with Gasteiger partial charge in [0.1, 0.15) is 0 Å². The fraction of sp³-hybridized carbons (Fsp3) is 0.0323. The molecule has 32 heavy (non-hydrogen) atoms. The van der Waals surface area contributed by atoms with Crippen molar-refractivity contribution in [3.05, 3.63) is 150 Å². The average molecular weight is 410 g/mol. The second-order valence-corrected chi connectivity index (χ2v) is 8.33. The Balaban J connectivity index is 1.62. The maximum Gasteiger partial charge on any atom is 0.0720 e. The van der Waals surface area contributed by atoms with Crippen molar-refractivity contribution in [2.24, 2.45) is 0 Å². The summed E-state index contributed by atoms with van der Waals surface area (Å²) < 4.78 is 0. The van der Waals surface area contributed by atoms with Crippen LogP contribution in [0.2, 0.25) is 0 Å². The van der Waals surface area contributed by atoms with Gasteiger partial charge in [0.15, 0.2) is 0 Å². The van der Waals surface area contributed by atoms with E-state index in [9.17, 15) is 0 Å². The summed E-state index contributed by atoms with van der Waals surface area (Å²) in [5.41, 5.74) is 11.0. The van der Waals surface area contributed by atoms with Crippen molar-refractivity contribution in [3.63, 3.8) is 0 Å². The minimum Gasteiger partial charge on any atom is -0.356 e. The van der Waals surface area contributed by atoms with E-state index in [2.05, 4.69) is 115 Å². The highest BCUT2D eigenvalue weighted by Crippen LogP contribution is 2.60. The number of fused-ring (bicyclic) bond motifs is 7. The molecule has 1 heteroatoms. The summed E-state index contributed by atoms with van der Waals surface area (Å²) in [4.78, 5) is 0. The number of hydrogen-bond acceptors (Lipinski definition) is 1. The molecule has 4 aromatic carbocycles. The van der Waals surface area contributed by atoms with E-state index in [1.165, 1.54) is 39.0 Å². The molecule has 1 spiro atoms. The van der Waals surface area contributed by atoms with Crippen LogP contribution < -0.4 is 5.32 Å². The number of para-hydroxylation sites is 1. The zero-order valence-electron chi connectivity index (χ0n) is 17.8. The molecule has 0 aromatic heterocycles. The SMILES string of the molecule is C=C/C=C\C1=Cc2ccc(Nc3ccccc3)cc2C12c1ccccc1-c1ccccc12. The van der Waals surface area contributed by atoms with Crippen molar-refractivity contribution in [1.29, 1.82) is 0 Å². The van der Waals surface area contributed by atoms with Gasteiger partial charge in [0, 0.05) is 11.4 Å². The number of rotatable bonds is 4. The minimum atomic E-state index is -0.323. The van der Waals surface area contributed by atoms with Gasteiger partial charge in [-0.2, -0.15) is 0 Å². The van der Waals surface area contributed by atoms with Crippen LogP contribution in [0.5, 0.6) is 0 Å². The van der Waals surface area contributed by atoms with Crippen LogP contribution in [-0.4, -0.2) is 0 Å². The molecule has 0 saturated heterocycles. The highest BCUT2D eigenvalue weighted by molar-refractivity contribution is 5.92. The molecule has 0 bridgehead atoms. The van der Waals surface area contributed by atoms with E-state index in [0.717, 1.165) is 11.4 Å². The lowest BCUT2D eigenvalue weighted by Crippen LogP contribution is -2.26. The summed E-state index contributed by atoms with van der Waals surface area (Å²) in [5, 5.41) is 3.59. The van der Waals surface area contributed by atoms with E-state index < -0.39 is 0 Å². The molecule has 1 nitrogen and oxygen atoms in total. The molecule has 1 N–H and O–H groups in total. The van der Waals surface area contributed by atoms with Gasteiger partial charge in [-0.15, -0.1) is 0 Å². The molecule has 0 fully saturated rings. The van der Waals surface area contributed by atoms with Gasteiger partial charge in [-0.05, 0) is 69.3 Å². The second-order valence-electron chi connectivity index (χ2n) is 8.33. The first-order chi connectivity index (χ1) is 15.8. The summed E-state index contributed by atoms with van der Waals surface area (Å²) >= 11 is 0. The maximum atomic E-state index is 3.91. The highest BCUT2D eigenvalue weighted by Gasteiger charge is 2.49. The van der Waals surface area contributed by atoms with Crippen molar-refractivity contribution in [2.45, 2.75) is 5.41 Å². The molecular formula is C31H23N. The maximum absolute atomic E-state index is 3.91. The molecular weight excluding hydrogens is 386 g/mol. The van der Waals surface area contributed by atoms with E-state index in [4.69, 9.17) is 0 Å². The number of benzene rings is 4. The number of allylic oxidation sites excluding steroid dienone is 4. The third-order valence-electron chi connectivity index (χ3n) is 6.63. The molecule has 6 rings (SSSR count). The Bertz CT molecular complexity index is 1360. The molecule has 2 aliphatic carbocycles. The normalized spacial score (nSPS) is 14.7. The van der Waals surface area contributed by atoms with Crippen molar-refractivity contribution < 1.29 is 0 Å². The molecule has 0 saturated carbocycles. The summed E-state index contributed by atoms with van der Waals surface area (Å²) in [5.74, 6) is 0. The van der Waals surface area contributed by atoms with E-state index in [-0.39, 0.29) is 5.41 Å². The summed E-state index contributed by atoms with van der Waals surface area (Å²) in [6.45, 7) is 3.91. The van der Waals surface area contributed by atoms with Gasteiger partial charge in [-0.3, -0.25) is 0 Å². The molecule has 0 aliphatic heterocycles. The third-order valence-corrected chi connectivity index (χ3v) is 6.63. The quantitative estimate of drug-likeness (QED) is 0.338. The van der Waals surface area contributed by atoms with Crippen LogP contribution in [0.25, 0.3) is 17.2 Å². The van der Waals surface area contributed by atoms with Crippen LogP contribution in [0.4, 0.5) is 11.4 Å². The van der Waals surface area contributed by atoms with E-state index in [1.807, 2.05) is 18.2 Å². The first-order valence-corrected chi connectivity index (χ1v) is 11.0. The Morgan fingerprint density at radius 3 is 2.00 bits per heavy atom. The Kier molecular flexibility index (Phi) is 4.22. The van der Waals surface area contributed by atoms with Crippen LogP contribution in [-0.2, 0) is 5.41 Å². The van der Waals surface area contributed by atoms with Crippen molar-refractivity contribution in [1.82, 2.24) is 0 Å². The predicted molar refractivity (Wildman–Crippen MR) is 135 cm³/mol. The fourth-order valence-electron chi connectivity index (χ4n) is 5.39. The Morgan fingerprint density at radius 1 is 0.656 bits per heavy atom. The van der Waals surface area contributed by atoms with E-state index in [1.54, 1.807) is 0 Å². The highest BCUT2D eigenvalue weighted by atomic mass is 14.9. The fourth-order valence-corrected chi connectivity index (χ4v) is 5.39. The molecule has 2 aliphatic rings. The van der Waals surface area contributed by atoms with E-state index >= 15 is 0 Å². The molecule has 0 amide bonds. The Morgan fingerprint density at radius 2 is 1.31 bits per heavy atom. The van der Waals surface area contributed by atoms with Crippen LogP contribution in [0.15, 0.2) is 127 Å². The van der Waals surface area contributed by atoms with Crippen molar-refractivity contribution in [3.8, 4) is 11.1 Å². The van der Waals surface area contributed by atoms with Gasteiger partial charge in [-0.1, -0.05) is 97.6 Å². The first-order valence-electron chi connectivity index (χ1n) is 11.0. The lowest BCUT2D eigenvalue weighted by atomic mass is 9.69. The van der Waals surface area contributed by atoms with Gasteiger partial charge in [0.05, 0.1) is 5.41 Å². The predicted octanol–water partition coefficient (Wildman–Crippen LogP) is 7.88. The summed E-state index contributed by atoms with van der Waals surface area (Å²) in [6, 6.07) is 34.8. The largest absolute Gasteiger partial charge is 0.356 e. The van der Waals surface area contributed by atoms with Crippen LogP contribution in [0.3, 0.4) is 0 Å². The van der Waals surface area contributed by atoms with Gasteiger partial charge in [0.25, 0.3) is 0 Å². The molecule has 4 aromatic rings. The van der Waals surface area contributed by atoms with Gasteiger partial charge in [-0.25, -0.2) is 0 Å². The Labute approximate surface area is 189 Å². The van der Waals surface area contributed by atoms with Crippen LogP contribution in [0, 0.1) is 0 Å². The van der Waals surface area contributed by atoms with Gasteiger partial charge < -0.3 is 5.32 Å². The van der Waals surface area contributed by atoms with E-state index in [0.29, 0.717) is 0 Å². The van der Waals surface area contributed by atoms with Crippen molar-refractivity contribution >= 4 is 17.5 Å². The second kappa shape index (κ2) is 7.25. The topological polar surface area (TPSA) is 12.0 Å². The van der Waals surface area contributed by atoms with Crippen molar-refractivity contribution in [2.75, 3.05) is 5.32 Å². The Hall–Kier alpha value is -4.10. The lowest BCUT2D eigenvalue weighted by Gasteiger charge is -2.31. The van der Waals surface area contributed by atoms with Gasteiger partial charge >= 0.3 is 0 Å². The molecule has 0 radical (unpaired) electrons. The monoisotopic (exact) mass is 409 g/mol. The zero-order valence-corrected chi connectivity index (χ0v) is 17.8. The minimum absolute atomic E-state index is 0.323. The van der Waals surface area contributed by atoms with Crippen LogP contribution >= 0.6 is 0 Å². The molecule has 0 unspecified atom stereocenters.